The van der Waals surface area contributed by atoms with Gasteiger partial charge in [0.25, 0.3) is 0 Å². The first-order valence-corrected chi connectivity index (χ1v) is 6.37. The van der Waals surface area contributed by atoms with E-state index in [0.29, 0.717) is 11.8 Å². The van der Waals surface area contributed by atoms with Crippen LogP contribution in [0.1, 0.15) is 66.7 Å². The average Bonchev–Trinajstić information content (AvgIpc) is 2.19. The number of nitrogens with zero attached hydrogens (tertiary/aromatic N) is 1. The van der Waals surface area contributed by atoms with Crippen molar-refractivity contribution >= 4 is 0 Å². The lowest BCUT2D eigenvalue weighted by molar-refractivity contribution is 0.274. The Morgan fingerprint density at radius 1 is 1.00 bits per heavy atom. The molecule has 15 heavy (non-hydrogen) atoms. The molecule has 0 aromatic rings. The summed E-state index contributed by atoms with van der Waals surface area (Å²) in [5.74, 6) is 1.42. The molecule has 0 saturated heterocycles. The zero-order chi connectivity index (χ0) is 11.9. The minimum absolute atomic E-state index is 0.0471. The van der Waals surface area contributed by atoms with E-state index in [-0.39, 0.29) is 5.41 Å². The molecule has 0 aromatic carbocycles. The quantitative estimate of drug-likeness (QED) is 0.592. The molecular weight excluding hydrogens is 182 g/mol. The summed E-state index contributed by atoms with van der Waals surface area (Å²) in [6, 6.07) is 2.58. The van der Waals surface area contributed by atoms with E-state index >= 15 is 0 Å². The minimum atomic E-state index is -0.0471. The Morgan fingerprint density at radius 3 is 1.60 bits per heavy atom. The maximum Gasteiger partial charge on any atom is 0.0689 e. The second-order valence-electron chi connectivity index (χ2n) is 5.61. The van der Waals surface area contributed by atoms with E-state index in [1.54, 1.807) is 0 Å². The molecule has 0 saturated carbocycles. The maximum absolute atomic E-state index is 9.35. The van der Waals surface area contributed by atoms with Crippen LogP contribution in [0.3, 0.4) is 0 Å². The van der Waals surface area contributed by atoms with E-state index in [2.05, 4.69) is 40.7 Å². The van der Waals surface area contributed by atoms with Crippen molar-refractivity contribution in [3.63, 3.8) is 0 Å². The molecule has 0 bridgehead atoms. The highest BCUT2D eigenvalue weighted by atomic mass is 14.4. The Bertz CT molecular complexity index is 186. The van der Waals surface area contributed by atoms with Crippen molar-refractivity contribution in [2.45, 2.75) is 66.7 Å². The lowest BCUT2D eigenvalue weighted by Gasteiger charge is -2.26. The van der Waals surface area contributed by atoms with E-state index in [9.17, 15) is 5.26 Å². The summed E-state index contributed by atoms with van der Waals surface area (Å²) in [5.41, 5.74) is -0.0471. The largest absolute Gasteiger partial charge is 0.198 e. The summed E-state index contributed by atoms with van der Waals surface area (Å²) >= 11 is 0. The van der Waals surface area contributed by atoms with Gasteiger partial charge in [-0.25, -0.2) is 0 Å². The van der Waals surface area contributed by atoms with Gasteiger partial charge in [0.1, 0.15) is 0 Å². The highest BCUT2D eigenvalue weighted by molar-refractivity contribution is 4.98. The molecule has 0 fully saturated rings. The van der Waals surface area contributed by atoms with Crippen LogP contribution in [-0.2, 0) is 0 Å². The Kier molecular flexibility index (Phi) is 6.65. The topological polar surface area (TPSA) is 23.8 Å². The Morgan fingerprint density at radius 2 is 1.40 bits per heavy atom. The molecule has 0 amide bonds. The molecule has 0 radical (unpaired) electrons. The second kappa shape index (κ2) is 6.88. The van der Waals surface area contributed by atoms with Crippen LogP contribution < -0.4 is 0 Å². The summed E-state index contributed by atoms with van der Waals surface area (Å²) in [6.45, 7) is 11.1. The van der Waals surface area contributed by atoms with E-state index in [1.807, 2.05) is 0 Å². The molecule has 0 aliphatic carbocycles. The molecule has 0 unspecified atom stereocenters. The summed E-state index contributed by atoms with van der Waals surface area (Å²) in [6.07, 6.45) is 5.51. The monoisotopic (exact) mass is 209 g/mol. The lowest BCUT2D eigenvalue weighted by Crippen LogP contribution is -2.19. The molecule has 0 atom stereocenters. The van der Waals surface area contributed by atoms with Gasteiger partial charge in [0, 0.05) is 0 Å². The third kappa shape index (κ3) is 5.82. The number of rotatable bonds is 7. The first-order chi connectivity index (χ1) is 6.95. The first-order valence-electron chi connectivity index (χ1n) is 6.37. The third-order valence-corrected chi connectivity index (χ3v) is 3.31. The minimum Gasteiger partial charge on any atom is -0.198 e. The molecule has 88 valence electrons. The van der Waals surface area contributed by atoms with Crippen molar-refractivity contribution in [1.82, 2.24) is 0 Å². The van der Waals surface area contributed by atoms with Crippen LogP contribution in [0.15, 0.2) is 0 Å². The van der Waals surface area contributed by atoms with Crippen molar-refractivity contribution in [3.8, 4) is 6.07 Å². The van der Waals surface area contributed by atoms with Crippen LogP contribution in [0.4, 0.5) is 0 Å². The van der Waals surface area contributed by atoms with Crippen molar-refractivity contribution in [3.05, 3.63) is 0 Å². The molecule has 0 rings (SSSR count). The van der Waals surface area contributed by atoms with E-state index in [4.69, 9.17) is 0 Å². The molecule has 0 spiro atoms. The number of nitriles is 1. The molecule has 0 aliphatic rings. The maximum atomic E-state index is 9.35. The molecule has 0 aromatic heterocycles. The lowest BCUT2D eigenvalue weighted by atomic mass is 9.75. The predicted molar refractivity (Wildman–Crippen MR) is 66.5 cm³/mol. The summed E-state index contributed by atoms with van der Waals surface area (Å²) in [5, 5.41) is 9.35. The molecular formula is C14H27N. The fraction of sp³-hybridized carbons (Fsp3) is 0.929. The van der Waals surface area contributed by atoms with Crippen LogP contribution in [-0.4, -0.2) is 0 Å². The Labute approximate surface area is 95.9 Å². The summed E-state index contributed by atoms with van der Waals surface area (Å²) in [7, 11) is 0. The van der Waals surface area contributed by atoms with Crippen LogP contribution in [0, 0.1) is 28.6 Å². The van der Waals surface area contributed by atoms with Gasteiger partial charge in [-0.05, 0) is 43.9 Å². The van der Waals surface area contributed by atoms with Crippen molar-refractivity contribution in [2.24, 2.45) is 17.3 Å². The molecule has 0 N–H and O–H groups in total. The highest BCUT2D eigenvalue weighted by Crippen LogP contribution is 2.35. The van der Waals surface area contributed by atoms with Gasteiger partial charge in [-0.15, -0.1) is 0 Å². The van der Waals surface area contributed by atoms with Crippen LogP contribution in [0.2, 0.25) is 0 Å². The molecule has 0 aliphatic heterocycles. The van der Waals surface area contributed by atoms with Crippen LogP contribution in [0.5, 0.6) is 0 Å². The fourth-order valence-electron chi connectivity index (χ4n) is 1.80. The van der Waals surface area contributed by atoms with Crippen LogP contribution >= 0.6 is 0 Å². The molecule has 1 nitrogen and oxygen atoms in total. The Hall–Kier alpha value is -0.510. The van der Waals surface area contributed by atoms with Gasteiger partial charge in [-0.2, -0.15) is 5.26 Å². The predicted octanol–water partition coefficient (Wildman–Crippen LogP) is 4.78. The van der Waals surface area contributed by atoms with Gasteiger partial charge in [-0.3, -0.25) is 0 Å². The van der Waals surface area contributed by atoms with Crippen molar-refractivity contribution in [2.75, 3.05) is 0 Å². The van der Waals surface area contributed by atoms with Crippen LogP contribution in [0.25, 0.3) is 0 Å². The first kappa shape index (κ1) is 14.5. The standard InChI is InChI=1S/C14H27N/c1-6-14(11-15,9-7-12(2)3)10-8-13(4)5/h12-13H,6-10H2,1-5H3. The van der Waals surface area contributed by atoms with Gasteiger partial charge >= 0.3 is 0 Å². The third-order valence-electron chi connectivity index (χ3n) is 3.31. The van der Waals surface area contributed by atoms with Crippen molar-refractivity contribution in [1.29, 1.82) is 5.26 Å². The fourth-order valence-corrected chi connectivity index (χ4v) is 1.80. The van der Waals surface area contributed by atoms with Gasteiger partial charge in [0.2, 0.25) is 0 Å². The van der Waals surface area contributed by atoms with Gasteiger partial charge in [-0.1, -0.05) is 34.6 Å². The van der Waals surface area contributed by atoms with Gasteiger partial charge < -0.3 is 0 Å². The van der Waals surface area contributed by atoms with E-state index < -0.39 is 0 Å². The summed E-state index contributed by atoms with van der Waals surface area (Å²) < 4.78 is 0. The SMILES string of the molecule is CCC(C#N)(CCC(C)C)CCC(C)C. The average molecular weight is 209 g/mol. The van der Waals surface area contributed by atoms with Gasteiger partial charge in [0.15, 0.2) is 0 Å². The highest BCUT2D eigenvalue weighted by Gasteiger charge is 2.27. The zero-order valence-corrected chi connectivity index (χ0v) is 11.1. The van der Waals surface area contributed by atoms with Gasteiger partial charge in [0.05, 0.1) is 11.5 Å². The molecule has 0 heterocycles. The normalized spacial score (nSPS) is 12.1. The van der Waals surface area contributed by atoms with Crippen molar-refractivity contribution < 1.29 is 0 Å². The number of hydrogen-bond donors (Lipinski definition) is 0. The summed E-state index contributed by atoms with van der Waals surface area (Å²) in [4.78, 5) is 0. The zero-order valence-electron chi connectivity index (χ0n) is 11.1. The molecule has 1 heteroatoms. The van der Waals surface area contributed by atoms with E-state index in [0.717, 1.165) is 19.3 Å². The van der Waals surface area contributed by atoms with E-state index in [1.165, 1.54) is 12.8 Å². The smallest absolute Gasteiger partial charge is 0.0689 e. The second-order valence-corrected chi connectivity index (χ2v) is 5.61. The number of hydrogen-bond acceptors (Lipinski definition) is 1. The Balaban J connectivity index is 4.25.